The average molecular weight is 182 g/mol. The molecule has 0 nitrogen and oxygen atoms in total. The summed E-state index contributed by atoms with van der Waals surface area (Å²) in [4.78, 5) is 0. The van der Waals surface area contributed by atoms with E-state index in [1.807, 2.05) is 6.92 Å². The molecule has 0 aliphatic rings. The lowest BCUT2D eigenvalue weighted by Gasteiger charge is -2.09. The Morgan fingerprint density at radius 1 is 1.38 bits per heavy atom. The number of halogens is 2. The molecule has 0 aliphatic heterocycles. The van der Waals surface area contributed by atoms with Crippen molar-refractivity contribution in [3.05, 3.63) is 48.1 Å². The van der Waals surface area contributed by atoms with Crippen LogP contribution in [0.15, 0.2) is 30.9 Å². The maximum atomic E-state index is 12.8. The zero-order valence-corrected chi connectivity index (χ0v) is 7.56. The van der Waals surface area contributed by atoms with Crippen LogP contribution in [0.25, 0.3) is 0 Å². The van der Waals surface area contributed by atoms with E-state index in [1.165, 1.54) is 6.07 Å². The van der Waals surface area contributed by atoms with Crippen LogP contribution in [0.4, 0.5) is 8.78 Å². The molecule has 1 aromatic carbocycles. The van der Waals surface area contributed by atoms with E-state index < -0.39 is 11.6 Å². The van der Waals surface area contributed by atoms with Crippen LogP contribution in [-0.2, 0) is 0 Å². The lowest BCUT2D eigenvalue weighted by atomic mass is 9.97. The second-order valence-corrected chi connectivity index (χ2v) is 2.92. The fourth-order valence-corrected chi connectivity index (χ4v) is 1.28. The maximum absolute atomic E-state index is 12.8. The molecule has 0 bridgehead atoms. The Bertz CT molecular complexity index is 305. The summed E-state index contributed by atoms with van der Waals surface area (Å²) >= 11 is 0. The Labute approximate surface area is 76.9 Å². The van der Waals surface area contributed by atoms with Gasteiger partial charge in [0.25, 0.3) is 0 Å². The molecule has 1 rings (SSSR count). The molecule has 1 atom stereocenters. The molecule has 1 aromatic rings. The van der Waals surface area contributed by atoms with Crippen molar-refractivity contribution in [3.63, 3.8) is 0 Å². The van der Waals surface area contributed by atoms with E-state index in [2.05, 4.69) is 6.58 Å². The van der Waals surface area contributed by atoms with E-state index in [0.29, 0.717) is 0 Å². The van der Waals surface area contributed by atoms with Crippen molar-refractivity contribution >= 4 is 0 Å². The molecule has 0 aliphatic carbocycles. The third kappa shape index (κ3) is 2.14. The van der Waals surface area contributed by atoms with Crippen LogP contribution >= 0.6 is 0 Å². The number of benzene rings is 1. The molecule has 2 heteroatoms. The van der Waals surface area contributed by atoms with Gasteiger partial charge in [-0.2, -0.15) is 0 Å². The number of hydrogen-bond acceptors (Lipinski definition) is 0. The first kappa shape index (κ1) is 9.90. The topological polar surface area (TPSA) is 0 Å². The fraction of sp³-hybridized carbons (Fsp3) is 0.273. The minimum absolute atomic E-state index is 0.107. The highest BCUT2D eigenvalue weighted by molar-refractivity contribution is 5.24. The monoisotopic (exact) mass is 182 g/mol. The molecule has 0 radical (unpaired) electrons. The van der Waals surface area contributed by atoms with Gasteiger partial charge < -0.3 is 0 Å². The van der Waals surface area contributed by atoms with E-state index >= 15 is 0 Å². The van der Waals surface area contributed by atoms with Gasteiger partial charge >= 0.3 is 0 Å². The summed E-state index contributed by atoms with van der Waals surface area (Å²) in [7, 11) is 0. The summed E-state index contributed by atoms with van der Waals surface area (Å²) in [5.74, 6) is -1.49. The zero-order valence-electron chi connectivity index (χ0n) is 7.56. The molecule has 0 amide bonds. The van der Waals surface area contributed by atoms with Crippen molar-refractivity contribution < 1.29 is 8.78 Å². The Hall–Kier alpha value is -1.18. The van der Waals surface area contributed by atoms with Gasteiger partial charge in [-0.1, -0.05) is 19.1 Å². The lowest BCUT2D eigenvalue weighted by Crippen LogP contribution is -1.95. The van der Waals surface area contributed by atoms with Gasteiger partial charge in [0.15, 0.2) is 11.6 Å². The number of rotatable bonds is 3. The fourth-order valence-electron chi connectivity index (χ4n) is 1.28. The van der Waals surface area contributed by atoms with Crippen LogP contribution in [0.2, 0.25) is 0 Å². The predicted octanol–water partition coefficient (Wildman–Crippen LogP) is 3.64. The molecular formula is C11H12F2. The minimum atomic E-state index is -0.803. The minimum Gasteiger partial charge on any atom is -0.204 e. The van der Waals surface area contributed by atoms with E-state index in [-0.39, 0.29) is 5.92 Å². The highest BCUT2D eigenvalue weighted by Crippen LogP contribution is 2.21. The molecule has 0 aromatic heterocycles. The zero-order chi connectivity index (χ0) is 9.84. The van der Waals surface area contributed by atoms with Gasteiger partial charge in [-0.15, -0.1) is 6.58 Å². The first-order chi connectivity index (χ1) is 6.19. The van der Waals surface area contributed by atoms with Crippen LogP contribution in [0.5, 0.6) is 0 Å². The molecule has 1 unspecified atom stereocenters. The lowest BCUT2D eigenvalue weighted by molar-refractivity contribution is 0.506. The second kappa shape index (κ2) is 4.17. The third-order valence-corrected chi connectivity index (χ3v) is 2.10. The van der Waals surface area contributed by atoms with Crippen molar-refractivity contribution in [2.24, 2.45) is 0 Å². The Morgan fingerprint density at radius 2 is 2.08 bits per heavy atom. The first-order valence-electron chi connectivity index (χ1n) is 4.26. The van der Waals surface area contributed by atoms with Gasteiger partial charge in [0.05, 0.1) is 0 Å². The Morgan fingerprint density at radius 3 is 2.54 bits per heavy atom. The van der Waals surface area contributed by atoms with Crippen LogP contribution in [0.1, 0.15) is 24.8 Å². The largest absolute Gasteiger partial charge is 0.204 e. The van der Waals surface area contributed by atoms with Crippen LogP contribution in [-0.4, -0.2) is 0 Å². The molecule has 0 N–H and O–H groups in total. The van der Waals surface area contributed by atoms with Crippen LogP contribution < -0.4 is 0 Å². The molecule has 0 saturated carbocycles. The Kier molecular flexibility index (Phi) is 3.18. The van der Waals surface area contributed by atoms with Gasteiger partial charge in [-0.25, -0.2) is 8.78 Å². The Balaban J connectivity index is 3.01. The standard InChI is InChI=1S/C11H12F2/c1-3-8(4-2)9-5-6-10(12)11(13)7-9/h3,5-8H,1,4H2,2H3. The molecule has 0 fully saturated rings. The normalized spacial score (nSPS) is 12.5. The summed E-state index contributed by atoms with van der Waals surface area (Å²) in [5.41, 5.74) is 0.774. The SMILES string of the molecule is C=CC(CC)c1ccc(F)c(F)c1. The van der Waals surface area contributed by atoms with Crippen molar-refractivity contribution in [1.29, 1.82) is 0 Å². The van der Waals surface area contributed by atoms with Crippen molar-refractivity contribution in [2.75, 3.05) is 0 Å². The first-order valence-corrected chi connectivity index (χ1v) is 4.26. The van der Waals surface area contributed by atoms with Gasteiger partial charge in [-0.05, 0) is 24.1 Å². The number of hydrogen-bond donors (Lipinski definition) is 0. The molecule has 0 saturated heterocycles. The maximum Gasteiger partial charge on any atom is 0.159 e. The van der Waals surface area contributed by atoms with Crippen molar-refractivity contribution in [3.8, 4) is 0 Å². The van der Waals surface area contributed by atoms with E-state index in [4.69, 9.17) is 0 Å². The van der Waals surface area contributed by atoms with E-state index in [9.17, 15) is 8.78 Å². The van der Waals surface area contributed by atoms with Crippen LogP contribution in [0, 0.1) is 11.6 Å². The predicted molar refractivity (Wildman–Crippen MR) is 49.6 cm³/mol. The van der Waals surface area contributed by atoms with Gasteiger partial charge in [0, 0.05) is 5.92 Å². The van der Waals surface area contributed by atoms with Crippen molar-refractivity contribution in [2.45, 2.75) is 19.3 Å². The van der Waals surface area contributed by atoms with E-state index in [1.54, 1.807) is 12.1 Å². The second-order valence-electron chi connectivity index (χ2n) is 2.92. The van der Waals surface area contributed by atoms with Gasteiger partial charge in [-0.3, -0.25) is 0 Å². The molecule has 70 valence electrons. The molecule has 0 spiro atoms. The van der Waals surface area contributed by atoms with Gasteiger partial charge in [0.1, 0.15) is 0 Å². The summed E-state index contributed by atoms with van der Waals surface area (Å²) < 4.78 is 25.4. The van der Waals surface area contributed by atoms with Crippen molar-refractivity contribution in [1.82, 2.24) is 0 Å². The van der Waals surface area contributed by atoms with E-state index in [0.717, 1.165) is 18.1 Å². The average Bonchev–Trinajstić information content (AvgIpc) is 2.13. The molecular weight excluding hydrogens is 170 g/mol. The molecule has 13 heavy (non-hydrogen) atoms. The summed E-state index contributed by atoms with van der Waals surface area (Å²) in [6, 6.07) is 3.97. The quantitative estimate of drug-likeness (QED) is 0.626. The van der Waals surface area contributed by atoms with Crippen LogP contribution in [0.3, 0.4) is 0 Å². The highest BCUT2D eigenvalue weighted by Gasteiger charge is 2.08. The smallest absolute Gasteiger partial charge is 0.159 e. The summed E-state index contributed by atoms with van der Waals surface area (Å²) in [6.45, 7) is 5.62. The number of allylic oxidation sites excluding steroid dienone is 1. The highest BCUT2D eigenvalue weighted by atomic mass is 19.2. The summed E-state index contributed by atoms with van der Waals surface area (Å²) in [6.07, 6.45) is 2.58. The van der Waals surface area contributed by atoms with Gasteiger partial charge in [0.2, 0.25) is 0 Å². The third-order valence-electron chi connectivity index (χ3n) is 2.10. The molecule has 0 heterocycles. The summed E-state index contributed by atoms with van der Waals surface area (Å²) in [5, 5.41) is 0.